The zero-order valence-corrected chi connectivity index (χ0v) is 15.7. The molecule has 24 heavy (non-hydrogen) atoms. The van der Waals surface area contributed by atoms with E-state index in [9.17, 15) is 4.79 Å². The van der Waals surface area contributed by atoms with E-state index in [0.29, 0.717) is 11.1 Å². The van der Waals surface area contributed by atoms with Gasteiger partial charge in [0.15, 0.2) is 0 Å². The number of hydrogen-bond donors (Lipinski definition) is 2. The SMILES string of the molecule is CSCCC(N)c1nnc(SCC(=O)Nc2cccc(C)c2C)o1. The Morgan fingerprint density at radius 1 is 1.38 bits per heavy atom. The van der Waals surface area contributed by atoms with Crippen molar-refractivity contribution < 1.29 is 9.21 Å². The monoisotopic (exact) mass is 366 g/mol. The van der Waals surface area contributed by atoms with Crippen molar-refractivity contribution in [2.24, 2.45) is 5.73 Å². The van der Waals surface area contributed by atoms with E-state index in [4.69, 9.17) is 10.2 Å². The van der Waals surface area contributed by atoms with Gasteiger partial charge in [0.2, 0.25) is 11.8 Å². The standard InChI is InChI=1S/C16H22N4O2S2/c1-10-5-4-6-13(11(10)2)18-14(21)9-24-16-20-19-15(22-16)12(17)7-8-23-3/h4-6,12H,7-9,17H2,1-3H3,(H,18,21). The molecule has 0 aliphatic rings. The molecule has 2 aromatic rings. The fourth-order valence-electron chi connectivity index (χ4n) is 2.00. The lowest BCUT2D eigenvalue weighted by molar-refractivity contribution is -0.113. The Balaban J connectivity index is 1.86. The number of hydrogen-bond acceptors (Lipinski definition) is 7. The number of thioether (sulfide) groups is 2. The summed E-state index contributed by atoms with van der Waals surface area (Å²) in [6, 6.07) is 5.56. The molecule has 3 N–H and O–H groups in total. The summed E-state index contributed by atoms with van der Waals surface area (Å²) in [5.74, 6) is 1.45. The second kappa shape index (κ2) is 9.10. The van der Waals surface area contributed by atoms with E-state index in [1.54, 1.807) is 11.8 Å². The van der Waals surface area contributed by atoms with Crippen LogP contribution >= 0.6 is 23.5 Å². The van der Waals surface area contributed by atoms with Crippen LogP contribution < -0.4 is 11.1 Å². The predicted molar refractivity (Wildman–Crippen MR) is 99.5 cm³/mol. The molecule has 0 saturated carbocycles. The van der Waals surface area contributed by atoms with Crippen molar-refractivity contribution in [3.8, 4) is 0 Å². The topological polar surface area (TPSA) is 94.0 Å². The summed E-state index contributed by atoms with van der Waals surface area (Å²) >= 11 is 2.93. The number of aryl methyl sites for hydroxylation is 1. The Morgan fingerprint density at radius 2 is 2.17 bits per heavy atom. The lowest BCUT2D eigenvalue weighted by Crippen LogP contribution is -2.15. The van der Waals surface area contributed by atoms with Crippen molar-refractivity contribution in [1.29, 1.82) is 0 Å². The summed E-state index contributed by atoms with van der Waals surface area (Å²) in [5, 5.41) is 11.2. The smallest absolute Gasteiger partial charge is 0.277 e. The molecule has 1 aromatic heterocycles. The molecular weight excluding hydrogens is 344 g/mol. The second-order valence-electron chi connectivity index (χ2n) is 5.38. The quantitative estimate of drug-likeness (QED) is 0.693. The largest absolute Gasteiger partial charge is 0.414 e. The summed E-state index contributed by atoms with van der Waals surface area (Å²) in [7, 11) is 0. The van der Waals surface area contributed by atoms with Gasteiger partial charge < -0.3 is 15.5 Å². The van der Waals surface area contributed by atoms with E-state index >= 15 is 0 Å². The van der Waals surface area contributed by atoms with Crippen molar-refractivity contribution in [2.75, 3.05) is 23.1 Å². The van der Waals surface area contributed by atoms with Crippen molar-refractivity contribution in [3.63, 3.8) is 0 Å². The molecule has 1 atom stereocenters. The van der Waals surface area contributed by atoms with Crippen LogP contribution in [0.3, 0.4) is 0 Å². The molecule has 2 rings (SSSR count). The first-order valence-corrected chi connectivity index (χ1v) is 9.96. The van der Waals surface area contributed by atoms with Gasteiger partial charge in [-0.05, 0) is 49.5 Å². The predicted octanol–water partition coefficient (Wildman–Crippen LogP) is 3.17. The normalized spacial score (nSPS) is 12.2. The maximum absolute atomic E-state index is 12.1. The number of nitrogens with two attached hydrogens (primary N) is 1. The van der Waals surface area contributed by atoms with Gasteiger partial charge in [0.1, 0.15) is 0 Å². The third kappa shape index (κ3) is 5.25. The van der Waals surface area contributed by atoms with E-state index in [-0.39, 0.29) is 17.7 Å². The fraction of sp³-hybridized carbons (Fsp3) is 0.438. The molecule has 8 heteroatoms. The van der Waals surface area contributed by atoms with Crippen LogP contribution in [-0.2, 0) is 4.79 Å². The Hall–Kier alpha value is -1.51. The van der Waals surface area contributed by atoms with Gasteiger partial charge in [0.25, 0.3) is 5.22 Å². The van der Waals surface area contributed by atoms with Gasteiger partial charge in [0.05, 0.1) is 11.8 Å². The summed E-state index contributed by atoms with van der Waals surface area (Å²) in [5.41, 5.74) is 9.02. The van der Waals surface area contributed by atoms with Gasteiger partial charge in [-0.15, -0.1) is 10.2 Å². The molecule has 1 aromatic carbocycles. The summed E-state index contributed by atoms with van der Waals surface area (Å²) in [6.45, 7) is 4.00. The number of benzene rings is 1. The summed E-state index contributed by atoms with van der Waals surface area (Å²) in [6.07, 6.45) is 2.80. The molecule has 0 fully saturated rings. The van der Waals surface area contributed by atoms with E-state index in [1.807, 2.05) is 38.3 Å². The highest BCUT2D eigenvalue weighted by atomic mass is 32.2. The van der Waals surface area contributed by atoms with Crippen LogP contribution in [0.1, 0.15) is 29.5 Å². The minimum absolute atomic E-state index is 0.111. The van der Waals surface area contributed by atoms with Crippen molar-refractivity contribution in [3.05, 3.63) is 35.2 Å². The molecule has 1 unspecified atom stereocenters. The highest BCUT2D eigenvalue weighted by Gasteiger charge is 2.15. The van der Waals surface area contributed by atoms with Crippen LogP contribution in [0.25, 0.3) is 0 Å². The van der Waals surface area contributed by atoms with Crippen LogP contribution in [0, 0.1) is 13.8 Å². The van der Waals surface area contributed by atoms with Gasteiger partial charge >= 0.3 is 0 Å². The van der Waals surface area contributed by atoms with Gasteiger partial charge in [-0.25, -0.2) is 0 Å². The lowest BCUT2D eigenvalue weighted by atomic mass is 10.1. The minimum atomic E-state index is -0.261. The van der Waals surface area contributed by atoms with Crippen LogP contribution in [0.5, 0.6) is 0 Å². The number of amides is 1. The maximum Gasteiger partial charge on any atom is 0.277 e. The highest BCUT2D eigenvalue weighted by Crippen LogP contribution is 2.22. The van der Waals surface area contributed by atoms with Gasteiger partial charge in [0, 0.05) is 5.69 Å². The second-order valence-corrected chi connectivity index (χ2v) is 7.29. The first-order valence-electron chi connectivity index (χ1n) is 7.58. The lowest BCUT2D eigenvalue weighted by Gasteiger charge is -2.09. The maximum atomic E-state index is 12.1. The van der Waals surface area contributed by atoms with Crippen LogP contribution in [-0.4, -0.2) is 33.9 Å². The van der Waals surface area contributed by atoms with Gasteiger partial charge in [-0.2, -0.15) is 11.8 Å². The third-order valence-corrected chi connectivity index (χ3v) is 5.04. The average molecular weight is 367 g/mol. The Bertz CT molecular complexity index is 690. The molecule has 0 aliphatic carbocycles. The summed E-state index contributed by atoms with van der Waals surface area (Å²) < 4.78 is 5.51. The molecule has 0 bridgehead atoms. The molecule has 0 saturated heterocycles. The number of nitrogens with one attached hydrogen (secondary N) is 1. The van der Waals surface area contributed by atoms with Crippen LogP contribution in [0.2, 0.25) is 0 Å². The van der Waals surface area contributed by atoms with E-state index in [1.165, 1.54) is 11.8 Å². The molecule has 6 nitrogen and oxygen atoms in total. The molecule has 0 aliphatic heterocycles. The summed E-state index contributed by atoms with van der Waals surface area (Å²) in [4.78, 5) is 12.1. The first-order chi connectivity index (χ1) is 11.5. The molecule has 1 amide bonds. The Kier molecular flexibility index (Phi) is 7.14. The third-order valence-electron chi connectivity index (χ3n) is 3.58. The highest BCUT2D eigenvalue weighted by molar-refractivity contribution is 7.99. The van der Waals surface area contributed by atoms with E-state index < -0.39 is 0 Å². The van der Waals surface area contributed by atoms with E-state index in [0.717, 1.165) is 29.0 Å². The number of nitrogens with zero attached hydrogens (tertiary/aromatic N) is 2. The van der Waals surface area contributed by atoms with Gasteiger partial charge in [-0.3, -0.25) is 4.79 Å². The molecule has 1 heterocycles. The Morgan fingerprint density at radius 3 is 2.92 bits per heavy atom. The number of carbonyl (C=O) groups is 1. The minimum Gasteiger partial charge on any atom is -0.414 e. The number of carbonyl (C=O) groups excluding carboxylic acids is 1. The molecule has 0 spiro atoms. The number of aromatic nitrogens is 2. The van der Waals surface area contributed by atoms with Crippen molar-refractivity contribution >= 4 is 35.1 Å². The van der Waals surface area contributed by atoms with Crippen molar-refractivity contribution in [2.45, 2.75) is 31.5 Å². The van der Waals surface area contributed by atoms with Crippen LogP contribution in [0.15, 0.2) is 27.8 Å². The Labute approximate surface area is 150 Å². The first kappa shape index (κ1) is 18.8. The van der Waals surface area contributed by atoms with Crippen molar-refractivity contribution in [1.82, 2.24) is 10.2 Å². The zero-order chi connectivity index (χ0) is 17.5. The van der Waals surface area contributed by atoms with Crippen LogP contribution in [0.4, 0.5) is 5.69 Å². The number of rotatable bonds is 8. The van der Waals surface area contributed by atoms with E-state index in [2.05, 4.69) is 15.5 Å². The van der Waals surface area contributed by atoms with Gasteiger partial charge in [-0.1, -0.05) is 23.9 Å². The molecule has 0 radical (unpaired) electrons. The number of anilines is 1. The molecule has 130 valence electrons. The molecular formula is C16H22N4O2S2. The average Bonchev–Trinajstić information content (AvgIpc) is 3.04. The fourth-order valence-corrected chi connectivity index (χ4v) is 3.06. The zero-order valence-electron chi connectivity index (χ0n) is 14.0.